The second-order valence-corrected chi connectivity index (χ2v) is 5.84. The average Bonchev–Trinajstić information content (AvgIpc) is 2.46. The van der Waals surface area contributed by atoms with Crippen LogP contribution in [0.3, 0.4) is 0 Å². The van der Waals surface area contributed by atoms with Gasteiger partial charge in [-0.3, -0.25) is 0 Å². The Morgan fingerprint density at radius 1 is 1.20 bits per heavy atom. The molecule has 0 saturated heterocycles. The number of nitrogens with one attached hydrogen (secondary N) is 1. The summed E-state index contributed by atoms with van der Waals surface area (Å²) < 4.78 is 26.9. The molecule has 0 fully saturated rings. The third-order valence-corrected chi connectivity index (χ3v) is 4.29. The van der Waals surface area contributed by atoms with Gasteiger partial charge in [0, 0.05) is 6.20 Å². The zero-order valence-corrected chi connectivity index (χ0v) is 11.4. The maximum atomic E-state index is 12.3. The van der Waals surface area contributed by atoms with Crippen molar-refractivity contribution < 1.29 is 13.5 Å². The van der Waals surface area contributed by atoms with Crippen molar-refractivity contribution in [3.63, 3.8) is 0 Å². The van der Waals surface area contributed by atoms with Crippen LogP contribution in [0.25, 0.3) is 0 Å². The normalized spacial score (nSPS) is 13.1. The van der Waals surface area contributed by atoms with E-state index in [1.807, 2.05) is 6.07 Å². The Labute approximate surface area is 117 Å². The van der Waals surface area contributed by atoms with Gasteiger partial charge in [0.15, 0.2) is 0 Å². The van der Waals surface area contributed by atoms with E-state index in [1.54, 1.807) is 24.3 Å². The number of benzene rings is 1. The zero-order chi connectivity index (χ0) is 14.6. The van der Waals surface area contributed by atoms with E-state index in [2.05, 4.69) is 9.71 Å². The molecule has 0 spiro atoms. The molecular formula is C13H15N3O3S. The summed E-state index contributed by atoms with van der Waals surface area (Å²) >= 11 is 0. The molecule has 6 nitrogen and oxygen atoms in total. The van der Waals surface area contributed by atoms with Gasteiger partial charge in [-0.1, -0.05) is 30.3 Å². The van der Waals surface area contributed by atoms with Crippen molar-refractivity contribution in [2.45, 2.75) is 10.9 Å². The van der Waals surface area contributed by atoms with Gasteiger partial charge in [-0.25, -0.2) is 18.1 Å². The van der Waals surface area contributed by atoms with E-state index in [0.29, 0.717) is 5.56 Å². The van der Waals surface area contributed by atoms with Crippen LogP contribution in [0.1, 0.15) is 11.6 Å². The van der Waals surface area contributed by atoms with E-state index >= 15 is 0 Å². The van der Waals surface area contributed by atoms with Crippen molar-refractivity contribution >= 4 is 15.8 Å². The topological polar surface area (TPSA) is 105 Å². The molecule has 1 heterocycles. The molecule has 1 aromatic carbocycles. The molecule has 20 heavy (non-hydrogen) atoms. The fraction of sp³-hybridized carbons (Fsp3) is 0.154. The van der Waals surface area contributed by atoms with E-state index in [9.17, 15) is 13.5 Å². The number of nitrogen functional groups attached to an aromatic ring is 1. The molecule has 0 aliphatic rings. The van der Waals surface area contributed by atoms with Crippen molar-refractivity contribution in [3.8, 4) is 0 Å². The van der Waals surface area contributed by atoms with Crippen molar-refractivity contribution in [1.82, 2.24) is 9.71 Å². The molecule has 1 aromatic heterocycles. The summed E-state index contributed by atoms with van der Waals surface area (Å²) in [5.41, 5.74) is 6.24. The Hall–Kier alpha value is -1.96. The summed E-state index contributed by atoms with van der Waals surface area (Å²) in [6, 6.07) is 10.9. The standard InChI is InChI=1S/C13H15N3O3S/c14-13-12(7-4-8-15-13)20(18,19)16-11(9-17)10-5-2-1-3-6-10/h1-8,11,16-17H,9H2,(H2,14,15)/t11-/m0/s1. The summed E-state index contributed by atoms with van der Waals surface area (Å²) in [4.78, 5) is 3.64. The second kappa shape index (κ2) is 6.00. The number of hydrogen-bond acceptors (Lipinski definition) is 5. The summed E-state index contributed by atoms with van der Waals surface area (Å²) in [7, 11) is -3.85. The minimum atomic E-state index is -3.85. The monoisotopic (exact) mass is 293 g/mol. The predicted octanol–water partition coefficient (Wildman–Crippen LogP) is 0.676. The maximum Gasteiger partial charge on any atom is 0.244 e. The number of aliphatic hydroxyl groups excluding tert-OH is 1. The Morgan fingerprint density at radius 3 is 2.50 bits per heavy atom. The highest BCUT2D eigenvalue weighted by atomic mass is 32.2. The second-order valence-electron chi connectivity index (χ2n) is 4.15. The third kappa shape index (κ3) is 3.13. The highest BCUT2D eigenvalue weighted by Crippen LogP contribution is 2.19. The largest absolute Gasteiger partial charge is 0.394 e. The van der Waals surface area contributed by atoms with Crippen molar-refractivity contribution in [1.29, 1.82) is 0 Å². The smallest absolute Gasteiger partial charge is 0.244 e. The summed E-state index contributed by atoms with van der Waals surface area (Å²) in [5.74, 6) is -0.0789. The van der Waals surface area contributed by atoms with Crippen molar-refractivity contribution in [3.05, 3.63) is 54.2 Å². The lowest BCUT2D eigenvalue weighted by Crippen LogP contribution is -2.31. The molecule has 2 rings (SSSR count). The molecule has 0 bridgehead atoms. The van der Waals surface area contributed by atoms with Gasteiger partial charge in [0.25, 0.3) is 0 Å². The number of nitrogens with zero attached hydrogens (tertiary/aromatic N) is 1. The zero-order valence-electron chi connectivity index (χ0n) is 10.6. The lowest BCUT2D eigenvalue weighted by molar-refractivity contribution is 0.259. The molecule has 0 aliphatic heterocycles. The number of hydrogen-bond donors (Lipinski definition) is 3. The number of pyridine rings is 1. The minimum absolute atomic E-state index is 0.0789. The highest BCUT2D eigenvalue weighted by Gasteiger charge is 2.23. The van der Waals surface area contributed by atoms with E-state index in [1.165, 1.54) is 18.3 Å². The molecule has 7 heteroatoms. The molecule has 0 amide bonds. The molecule has 0 aliphatic carbocycles. The molecule has 106 valence electrons. The van der Waals surface area contributed by atoms with Gasteiger partial charge in [0.2, 0.25) is 10.0 Å². The summed E-state index contributed by atoms with van der Waals surface area (Å²) in [6.07, 6.45) is 1.41. The van der Waals surface area contributed by atoms with Gasteiger partial charge in [0.1, 0.15) is 10.7 Å². The Morgan fingerprint density at radius 2 is 1.90 bits per heavy atom. The Balaban J connectivity index is 2.30. The van der Waals surface area contributed by atoms with Gasteiger partial charge in [-0.2, -0.15) is 0 Å². The van der Waals surface area contributed by atoms with Gasteiger partial charge in [0.05, 0.1) is 12.6 Å². The first-order valence-electron chi connectivity index (χ1n) is 5.93. The highest BCUT2D eigenvalue weighted by molar-refractivity contribution is 7.89. The molecule has 0 radical (unpaired) electrons. The number of anilines is 1. The number of sulfonamides is 1. The number of rotatable bonds is 5. The van der Waals surface area contributed by atoms with Crippen LogP contribution in [0.4, 0.5) is 5.82 Å². The Kier molecular flexibility index (Phi) is 4.33. The van der Waals surface area contributed by atoms with E-state index in [0.717, 1.165) is 0 Å². The van der Waals surface area contributed by atoms with Crippen molar-refractivity contribution in [2.75, 3.05) is 12.3 Å². The first kappa shape index (κ1) is 14.4. The van der Waals surface area contributed by atoms with Crippen LogP contribution in [0.2, 0.25) is 0 Å². The lowest BCUT2D eigenvalue weighted by Gasteiger charge is -2.17. The third-order valence-electron chi connectivity index (χ3n) is 2.77. The van der Waals surface area contributed by atoms with Crippen LogP contribution in [0, 0.1) is 0 Å². The number of nitrogens with two attached hydrogens (primary N) is 1. The van der Waals surface area contributed by atoms with Gasteiger partial charge in [-0.15, -0.1) is 0 Å². The fourth-order valence-electron chi connectivity index (χ4n) is 1.78. The van der Waals surface area contributed by atoms with E-state index in [4.69, 9.17) is 5.73 Å². The van der Waals surface area contributed by atoms with Crippen LogP contribution >= 0.6 is 0 Å². The van der Waals surface area contributed by atoms with E-state index in [-0.39, 0.29) is 17.3 Å². The summed E-state index contributed by atoms with van der Waals surface area (Å²) in [6.45, 7) is -0.358. The van der Waals surface area contributed by atoms with Crippen LogP contribution in [-0.2, 0) is 10.0 Å². The summed E-state index contributed by atoms with van der Waals surface area (Å²) in [5, 5.41) is 9.39. The van der Waals surface area contributed by atoms with Crippen molar-refractivity contribution in [2.24, 2.45) is 0 Å². The minimum Gasteiger partial charge on any atom is -0.394 e. The fourth-order valence-corrected chi connectivity index (χ4v) is 3.07. The van der Waals surface area contributed by atoms with Gasteiger partial charge < -0.3 is 10.8 Å². The molecule has 0 saturated carbocycles. The molecule has 4 N–H and O–H groups in total. The predicted molar refractivity (Wildman–Crippen MR) is 75.2 cm³/mol. The van der Waals surface area contributed by atoms with Gasteiger partial charge >= 0.3 is 0 Å². The molecule has 0 unspecified atom stereocenters. The number of aromatic nitrogens is 1. The quantitative estimate of drug-likeness (QED) is 0.751. The van der Waals surface area contributed by atoms with E-state index < -0.39 is 16.1 Å². The Bertz CT molecular complexity index is 674. The first-order chi connectivity index (χ1) is 9.54. The van der Waals surface area contributed by atoms with Crippen LogP contribution in [-0.4, -0.2) is 25.1 Å². The first-order valence-corrected chi connectivity index (χ1v) is 7.41. The molecular weight excluding hydrogens is 278 g/mol. The average molecular weight is 293 g/mol. The maximum absolute atomic E-state index is 12.3. The van der Waals surface area contributed by atoms with Crippen LogP contribution in [0.5, 0.6) is 0 Å². The van der Waals surface area contributed by atoms with Crippen LogP contribution in [0.15, 0.2) is 53.6 Å². The SMILES string of the molecule is Nc1ncccc1S(=O)(=O)N[C@@H](CO)c1ccccc1. The molecule has 1 atom stereocenters. The van der Waals surface area contributed by atoms with Gasteiger partial charge in [-0.05, 0) is 17.7 Å². The molecule has 2 aromatic rings. The number of aliphatic hydroxyl groups is 1. The van der Waals surface area contributed by atoms with Crippen LogP contribution < -0.4 is 10.5 Å². The lowest BCUT2D eigenvalue weighted by atomic mass is 10.1.